The van der Waals surface area contributed by atoms with Crippen LogP contribution < -0.4 is 24.3 Å². The van der Waals surface area contributed by atoms with Crippen molar-refractivity contribution >= 4 is 29.3 Å². The van der Waals surface area contributed by atoms with Gasteiger partial charge in [0, 0.05) is 49.0 Å². The minimum absolute atomic E-state index is 0.100. The van der Waals surface area contributed by atoms with Crippen molar-refractivity contribution in [1.29, 1.82) is 0 Å². The number of rotatable bonds is 10. The molecule has 9 heteroatoms. The number of amides is 2. The number of hydrogen-bond acceptors (Lipinski definition) is 7. The molecule has 0 saturated carbocycles. The average Bonchev–Trinajstić information content (AvgIpc) is 2.81. The summed E-state index contributed by atoms with van der Waals surface area (Å²) in [4.78, 5) is 25.9. The molecule has 1 aliphatic heterocycles. The third-order valence-electron chi connectivity index (χ3n) is 5.16. The SMILES string of the molecule is COc1cc(OC)c(C2SCCC(=O)N2CCCOc2cccc(NC(C)=O)c2)cc1OC. The van der Waals surface area contributed by atoms with Gasteiger partial charge >= 0.3 is 0 Å². The van der Waals surface area contributed by atoms with Gasteiger partial charge in [0.05, 0.1) is 27.9 Å². The van der Waals surface area contributed by atoms with Crippen molar-refractivity contribution in [3.63, 3.8) is 0 Å². The van der Waals surface area contributed by atoms with E-state index in [2.05, 4.69) is 5.32 Å². The van der Waals surface area contributed by atoms with Crippen LogP contribution in [0.3, 0.4) is 0 Å². The van der Waals surface area contributed by atoms with Gasteiger partial charge in [-0.2, -0.15) is 0 Å². The van der Waals surface area contributed by atoms with Crippen molar-refractivity contribution in [1.82, 2.24) is 4.90 Å². The number of benzene rings is 2. The van der Waals surface area contributed by atoms with Gasteiger partial charge in [0.1, 0.15) is 16.9 Å². The molecule has 1 N–H and O–H groups in total. The van der Waals surface area contributed by atoms with E-state index in [4.69, 9.17) is 18.9 Å². The Morgan fingerprint density at radius 3 is 2.52 bits per heavy atom. The summed E-state index contributed by atoms with van der Waals surface area (Å²) in [5.41, 5.74) is 1.56. The summed E-state index contributed by atoms with van der Waals surface area (Å²) in [6.07, 6.45) is 1.15. The third-order valence-corrected chi connectivity index (χ3v) is 6.43. The van der Waals surface area contributed by atoms with Crippen molar-refractivity contribution in [3.8, 4) is 23.0 Å². The highest BCUT2D eigenvalue weighted by Crippen LogP contribution is 2.45. The van der Waals surface area contributed by atoms with E-state index in [0.29, 0.717) is 54.7 Å². The first-order chi connectivity index (χ1) is 16.0. The van der Waals surface area contributed by atoms with Crippen molar-refractivity contribution in [2.75, 3.05) is 45.6 Å². The van der Waals surface area contributed by atoms with Gasteiger partial charge in [-0.25, -0.2) is 0 Å². The van der Waals surface area contributed by atoms with Crippen LogP contribution in [0.4, 0.5) is 5.69 Å². The summed E-state index contributed by atoms with van der Waals surface area (Å²) >= 11 is 1.70. The molecule has 1 fully saturated rings. The normalized spacial score (nSPS) is 15.7. The molecule has 1 atom stereocenters. The van der Waals surface area contributed by atoms with Crippen molar-refractivity contribution in [2.45, 2.75) is 25.1 Å². The fourth-order valence-electron chi connectivity index (χ4n) is 3.66. The zero-order chi connectivity index (χ0) is 23.8. The largest absolute Gasteiger partial charge is 0.496 e. The molecule has 2 amide bonds. The second-order valence-corrected chi connectivity index (χ2v) is 8.61. The molecule has 1 saturated heterocycles. The summed E-state index contributed by atoms with van der Waals surface area (Å²) in [6, 6.07) is 10.9. The average molecular weight is 475 g/mol. The highest BCUT2D eigenvalue weighted by molar-refractivity contribution is 7.99. The second-order valence-electron chi connectivity index (χ2n) is 7.42. The van der Waals surface area contributed by atoms with Gasteiger partial charge < -0.3 is 29.2 Å². The van der Waals surface area contributed by atoms with Crippen molar-refractivity contribution in [2.24, 2.45) is 0 Å². The van der Waals surface area contributed by atoms with Gasteiger partial charge in [0.15, 0.2) is 11.5 Å². The zero-order valence-corrected chi connectivity index (χ0v) is 20.2. The van der Waals surface area contributed by atoms with Crippen LogP contribution in [-0.2, 0) is 9.59 Å². The summed E-state index contributed by atoms with van der Waals surface area (Å²) in [5.74, 6) is 3.19. The predicted octanol–water partition coefficient (Wildman–Crippen LogP) is 4.10. The fraction of sp³-hybridized carbons (Fsp3) is 0.417. The molecule has 33 heavy (non-hydrogen) atoms. The van der Waals surface area contributed by atoms with E-state index in [1.807, 2.05) is 23.1 Å². The molecule has 1 heterocycles. The van der Waals surface area contributed by atoms with Crippen LogP contribution in [0.2, 0.25) is 0 Å². The highest BCUT2D eigenvalue weighted by Gasteiger charge is 2.32. The van der Waals surface area contributed by atoms with E-state index in [9.17, 15) is 9.59 Å². The molecular formula is C24H30N2O6S. The summed E-state index contributed by atoms with van der Waals surface area (Å²) < 4.78 is 22.3. The van der Waals surface area contributed by atoms with Crippen LogP contribution in [0, 0.1) is 0 Å². The molecular weight excluding hydrogens is 444 g/mol. The Kier molecular flexibility index (Phi) is 8.71. The van der Waals surface area contributed by atoms with E-state index in [-0.39, 0.29) is 17.2 Å². The molecule has 178 valence electrons. The van der Waals surface area contributed by atoms with Crippen LogP contribution in [-0.4, -0.2) is 56.9 Å². The van der Waals surface area contributed by atoms with Crippen molar-refractivity contribution in [3.05, 3.63) is 42.0 Å². The molecule has 0 aromatic heterocycles. The van der Waals surface area contributed by atoms with Crippen LogP contribution >= 0.6 is 11.8 Å². The smallest absolute Gasteiger partial charge is 0.224 e. The lowest BCUT2D eigenvalue weighted by Gasteiger charge is -2.36. The van der Waals surface area contributed by atoms with Crippen LogP contribution in [0.5, 0.6) is 23.0 Å². The molecule has 0 aliphatic carbocycles. The monoisotopic (exact) mass is 474 g/mol. The van der Waals surface area contributed by atoms with E-state index in [1.54, 1.807) is 51.3 Å². The lowest BCUT2D eigenvalue weighted by molar-refractivity contribution is -0.132. The number of anilines is 1. The Morgan fingerprint density at radius 2 is 1.82 bits per heavy atom. The molecule has 1 aliphatic rings. The molecule has 0 bridgehead atoms. The summed E-state index contributed by atoms with van der Waals surface area (Å²) in [6.45, 7) is 2.44. The first-order valence-electron chi connectivity index (χ1n) is 10.7. The Bertz CT molecular complexity index is 983. The topological polar surface area (TPSA) is 86.3 Å². The molecule has 2 aromatic carbocycles. The van der Waals surface area contributed by atoms with Gasteiger partial charge in [-0.05, 0) is 24.6 Å². The summed E-state index contributed by atoms with van der Waals surface area (Å²) in [7, 11) is 4.77. The molecule has 0 spiro atoms. The second kappa shape index (κ2) is 11.7. The Morgan fingerprint density at radius 1 is 1.09 bits per heavy atom. The quantitative estimate of drug-likeness (QED) is 0.519. The Hall–Kier alpha value is -3.07. The lowest BCUT2D eigenvalue weighted by atomic mass is 10.1. The minimum Gasteiger partial charge on any atom is -0.496 e. The van der Waals surface area contributed by atoms with Gasteiger partial charge in [-0.15, -0.1) is 11.8 Å². The van der Waals surface area contributed by atoms with Crippen LogP contribution in [0.1, 0.15) is 30.7 Å². The van der Waals surface area contributed by atoms with E-state index < -0.39 is 0 Å². The maximum atomic E-state index is 12.8. The molecule has 0 radical (unpaired) electrons. The maximum Gasteiger partial charge on any atom is 0.224 e. The fourth-order valence-corrected chi connectivity index (χ4v) is 4.94. The molecule has 1 unspecified atom stereocenters. The first kappa shape index (κ1) is 24.6. The Labute approximate surface area is 198 Å². The van der Waals surface area contributed by atoms with Crippen LogP contribution in [0.15, 0.2) is 36.4 Å². The highest BCUT2D eigenvalue weighted by atomic mass is 32.2. The maximum absolute atomic E-state index is 12.8. The Balaban J connectivity index is 1.69. The minimum atomic E-state index is -0.191. The van der Waals surface area contributed by atoms with E-state index >= 15 is 0 Å². The van der Waals surface area contributed by atoms with Crippen molar-refractivity contribution < 1.29 is 28.5 Å². The standard InChI is InChI=1S/C24H30N2O6S/c1-16(27)25-17-7-5-8-18(13-17)32-11-6-10-26-23(28)9-12-33-24(26)19-14-21(30-3)22(31-4)15-20(19)29-2/h5,7-8,13-15,24H,6,9-12H2,1-4H3,(H,25,27). The number of carbonyl (C=O) groups is 2. The number of ether oxygens (including phenoxy) is 4. The first-order valence-corrected chi connectivity index (χ1v) is 11.7. The van der Waals surface area contributed by atoms with Gasteiger partial charge in [-0.3, -0.25) is 9.59 Å². The van der Waals surface area contributed by atoms with E-state index in [1.165, 1.54) is 6.92 Å². The van der Waals surface area contributed by atoms with Gasteiger partial charge in [-0.1, -0.05) is 6.07 Å². The molecule has 3 rings (SSSR count). The number of methoxy groups -OCH3 is 3. The number of carbonyl (C=O) groups excluding carboxylic acids is 2. The summed E-state index contributed by atoms with van der Waals surface area (Å²) in [5, 5.41) is 2.55. The van der Waals surface area contributed by atoms with E-state index in [0.717, 1.165) is 11.3 Å². The van der Waals surface area contributed by atoms with Crippen LogP contribution in [0.25, 0.3) is 0 Å². The predicted molar refractivity (Wildman–Crippen MR) is 128 cm³/mol. The number of nitrogens with zero attached hydrogens (tertiary/aromatic N) is 1. The third kappa shape index (κ3) is 6.25. The number of hydrogen-bond donors (Lipinski definition) is 1. The van der Waals surface area contributed by atoms with Gasteiger partial charge in [0.2, 0.25) is 11.8 Å². The number of thioether (sulfide) groups is 1. The molecule has 8 nitrogen and oxygen atoms in total. The number of nitrogens with one attached hydrogen (secondary N) is 1. The lowest BCUT2D eigenvalue weighted by Crippen LogP contribution is -2.38. The zero-order valence-electron chi connectivity index (χ0n) is 19.4. The molecule has 2 aromatic rings. The van der Waals surface area contributed by atoms with Gasteiger partial charge in [0.25, 0.3) is 0 Å².